The maximum Gasteiger partial charge on any atom is 0.343 e. The Kier molecular flexibility index (Phi) is 6.18. The number of esters is 1. The lowest BCUT2D eigenvalue weighted by Gasteiger charge is -2.24. The van der Waals surface area contributed by atoms with E-state index >= 15 is 0 Å². The van der Waals surface area contributed by atoms with Gasteiger partial charge in [0.05, 0.1) is 5.56 Å². The minimum atomic E-state index is -0.392. The average Bonchev–Trinajstić information content (AvgIpc) is 3.17. The van der Waals surface area contributed by atoms with Crippen molar-refractivity contribution in [2.45, 2.75) is 45.1 Å². The number of nitrogens with one attached hydrogen (secondary N) is 1. The summed E-state index contributed by atoms with van der Waals surface area (Å²) in [5.74, 6) is 1.05. The van der Waals surface area contributed by atoms with Gasteiger partial charge >= 0.3 is 5.97 Å². The molecule has 6 heteroatoms. The number of imidazole rings is 1. The third-order valence-electron chi connectivity index (χ3n) is 6.15. The number of benzene rings is 2. The maximum absolute atomic E-state index is 12.8. The summed E-state index contributed by atoms with van der Waals surface area (Å²) in [5.41, 5.74) is 4.11. The molecule has 1 N–H and O–H groups in total. The predicted octanol–water partition coefficient (Wildman–Crippen LogP) is 7.04. The fraction of sp³-hybridized carbons (Fsp3) is 0.259. The van der Waals surface area contributed by atoms with Gasteiger partial charge < -0.3 is 10.1 Å². The highest BCUT2D eigenvalue weighted by Crippen LogP contribution is 2.37. The quantitative estimate of drug-likeness (QED) is 0.234. The summed E-state index contributed by atoms with van der Waals surface area (Å²) in [6.07, 6.45) is 8.14. The molecule has 4 aromatic rings. The molecule has 1 aliphatic rings. The summed E-state index contributed by atoms with van der Waals surface area (Å²) < 4.78 is 8.88. The minimum Gasteiger partial charge on any atom is -0.422 e. The number of carbonyl (C=O) groups excluding carboxylic acids is 1. The highest BCUT2D eigenvalue weighted by atomic mass is 79.9. The first-order valence-electron chi connectivity index (χ1n) is 11.4. The number of fused-ring (bicyclic) bond motifs is 1. The summed E-state index contributed by atoms with van der Waals surface area (Å²) in [4.78, 5) is 17.8. The molecule has 1 saturated carbocycles. The van der Waals surface area contributed by atoms with Crippen LogP contribution in [-0.4, -0.2) is 21.4 Å². The second kappa shape index (κ2) is 9.40. The molecule has 0 radical (unpaired) electrons. The highest BCUT2D eigenvalue weighted by molar-refractivity contribution is 9.10. The van der Waals surface area contributed by atoms with Crippen molar-refractivity contribution in [2.75, 3.05) is 5.32 Å². The first-order valence-corrected chi connectivity index (χ1v) is 12.2. The average molecular weight is 504 g/mol. The zero-order chi connectivity index (χ0) is 22.8. The Morgan fingerprint density at radius 1 is 1.06 bits per heavy atom. The molecule has 0 atom stereocenters. The number of hydrogen-bond acceptors (Lipinski definition) is 4. The van der Waals surface area contributed by atoms with E-state index in [2.05, 4.69) is 50.9 Å². The maximum atomic E-state index is 12.8. The molecule has 2 aromatic heterocycles. The van der Waals surface area contributed by atoms with Crippen LogP contribution in [0.4, 0.5) is 5.82 Å². The van der Waals surface area contributed by atoms with Gasteiger partial charge in [0.25, 0.3) is 0 Å². The van der Waals surface area contributed by atoms with Crippen molar-refractivity contribution in [1.82, 2.24) is 9.38 Å². The Hall–Kier alpha value is -3.12. The van der Waals surface area contributed by atoms with Gasteiger partial charge in [0, 0.05) is 22.3 Å². The van der Waals surface area contributed by atoms with Gasteiger partial charge in [0.15, 0.2) is 0 Å². The Morgan fingerprint density at radius 2 is 1.82 bits per heavy atom. The summed E-state index contributed by atoms with van der Waals surface area (Å²) >= 11 is 3.40. The van der Waals surface area contributed by atoms with E-state index in [1.165, 1.54) is 19.3 Å². The number of nitrogens with zero attached hydrogens (tertiary/aromatic N) is 2. The zero-order valence-corrected chi connectivity index (χ0v) is 20.1. The van der Waals surface area contributed by atoms with Crippen LogP contribution in [0.5, 0.6) is 5.75 Å². The molecule has 0 aliphatic heterocycles. The zero-order valence-electron chi connectivity index (χ0n) is 18.6. The second-order valence-corrected chi connectivity index (χ2v) is 9.53. The molecule has 0 bridgehead atoms. The van der Waals surface area contributed by atoms with Crippen molar-refractivity contribution in [2.24, 2.45) is 0 Å². The molecule has 0 saturated heterocycles. The molecule has 1 fully saturated rings. The van der Waals surface area contributed by atoms with E-state index in [4.69, 9.17) is 9.72 Å². The summed E-state index contributed by atoms with van der Waals surface area (Å²) in [6.45, 7) is 2.07. The van der Waals surface area contributed by atoms with Crippen LogP contribution >= 0.6 is 15.9 Å². The Balaban J connectivity index is 1.55. The van der Waals surface area contributed by atoms with E-state index < -0.39 is 5.97 Å². The standard InChI is InChI=1S/C27H26BrN3O2/c1-18-15-16-31-24(17-18)30-25(26(31)29-21-7-3-2-4-8-21)22-9-5-6-10-23(22)33-27(32)19-11-13-20(28)14-12-19/h5-6,9-17,21,29H,2-4,7-8H2,1H3. The molecular formula is C27H26BrN3O2. The van der Waals surface area contributed by atoms with E-state index in [1.807, 2.05) is 36.4 Å². The molecule has 5 rings (SSSR count). The van der Waals surface area contributed by atoms with Crippen LogP contribution in [0.15, 0.2) is 71.3 Å². The number of halogens is 1. The number of carbonyl (C=O) groups is 1. The molecule has 33 heavy (non-hydrogen) atoms. The topological polar surface area (TPSA) is 55.6 Å². The third kappa shape index (κ3) is 4.67. The van der Waals surface area contributed by atoms with Gasteiger partial charge in [-0.15, -0.1) is 0 Å². The fourth-order valence-electron chi connectivity index (χ4n) is 4.41. The molecule has 2 heterocycles. The van der Waals surface area contributed by atoms with Crippen LogP contribution in [-0.2, 0) is 0 Å². The normalized spacial score (nSPS) is 14.4. The predicted molar refractivity (Wildman–Crippen MR) is 135 cm³/mol. The number of pyridine rings is 1. The molecule has 168 valence electrons. The van der Waals surface area contributed by atoms with Crippen LogP contribution in [0.25, 0.3) is 16.9 Å². The smallest absolute Gasteiger partial charge is 0.343 e. The van der Waals surface area contributed by atoms with Gasteiger partial charge in [-0.05, 0) is 73.9 Å². The van der Waals surface area contributed by atoms with E-state index in [9.17, 15) is 4.79 Å². The van der Waals surface area contributed by atoms with E-state index in [0.29, 0.717) is 17.4 Å². The fourth-order valence-corrected chi connectivity index (χ4v) is 4.67. The lowest BCUT2D eigenvalue weighted by Crippen LogP contribution is -2.23. The molecule has 5 nitrogen and oxygen atoms in total. The minimum absolute atomic E-state index is 0.392. The van der Waals surface area contributed by atoms with Gasteiger partial charge in [-0.1, -0.05) is 47.3 Å². The van der Waals surface area contributed by atoms with Gasteiger partial charge in [-0.3, -0.25) is 4.40 Å². The molecule has 1 aliphatic carbocycles. The molecular weight excluding hydrogens is 478 g/mol. The van der Waals surface area contributed by atoms with E-state index in [0.717, 1.165) is 45.6 Å². The van der Waals surface area contributed by atoms with Crippen molar-refractivity contribution in [3.63, 3.8) is 0 Å². The van der Waals surface area contributed by atoms with E-state index in [1.54, 1.807) is 12.1 Å². The number of anilines is 1. The van der Waals surface area contributed by atoms with Crippen LogP contribution < -0.4 is 10.1 Å². The SMILES string of the molecule is Cc1ccn2c(NC3CCCCC3)c(-c3ccccc3OC(=O)c3ccc(Br)cc3)nc2c1. The van der Waals surface area contributed by atoms with Crippen LogP contribution in [0.2, 0.25) is 0 Å². The lowest BCUT2D eigenvalue weighted by atomic mass is 9.95. The number of rotatable bonds is 5. The monoisotopic (exact) mass is 503 g/mol. The van der Waals surface area contributed by atoms with Crippen molar-refractivity contribution >= 4 is 33.4 Å². The third-order valence-corrected chi connectivity index (χ3v) is 6.68. The number of aryl methyl sites for hydroxylation is 1. The van der Waals surface area contributed by atoms with Crippen molar-refractivity contribution in [3.05, 3.63) is 82.5 Å². The number of hydrogen-bond donors (Lipinski definition) is 1. The first-order chi connectivity index (χ1) is 16.1. The van der Waals surface area contributed by atoms with E-state index in [-0.39, 0.29) is 0 Å². The van der Waals surface area contributed by atoms with Crippen LogP contribution in [0.3, 0.4) is 0 Å². The Morgan fingerprint density at radius 3 is 2.61 bits per heavy atom. The van der Waals surface area contributed by atoms with Gasteiger partial charge in [-0.25, -0.2) is 9.78 Å². The number of aromatic nitrogens is 2. The highest BCUT2D eigenvalue weighted by Gasteiger charge is 2.22. The van der Waals surface area contributed by atoms with Crippen molar-refractivity contribution < 1.29 is 9.53 Å². The second-order valence-electron chi connectivity index (χ2n) is 8.61. The Bertz CT molecular complexity index is 1290. The van der Waals surface area contributed by atoms with Crippen molar-refractivity contribution in [3.8, 4) is 17.0 Å². The van der Waals surface area contributed by atoms with Crippen LogP contribution in [0.1, 0.15) is 48.0 Å². The van der Waals surface area contributed by atoms with Gasteiger partial charge in [-0.2, -0.15) is 0 Å². The summed E-state index contributed by atoms with van der Waals surface area (Å²) in [7, 11) is 0. The van der Waals surface area contributed by atoms with Gasteiger partial charge in [0.2, 0.25) is 0 Å². The molecule has 0 amide bonds. The number of para-hydroxylation sites is 1. The molecule has 0 spiro atoms. The van der Waals surface area contributed by atoms with Crippen LogP contribution in [0, 0.1) is 6.92 Å². The number of ether oxygens (including phenoxy) is 1. The summed E-state index contributed by atoms with van der Waals surface area (Å²) in [6, 6.07) is 19.4. The van der Waals surface area contributed by atoms with Gasteiger partial charge in [0.1, 0.15) is 22.9 Å². The molecule has 2 aromatic carbocycles. The van der Waals surface area contributed by atoms with Crippen molar-refractivity contribution in [1.29, 1.82) is 0 Å². The Labute approximate surface area is 201 Å². The lowest BCUT2D eigenvalue weighted by molar-refractivity contribution is 0.0735. The summed E-state index contributed by atoms with van der Waals surface area (Å²) in [5, 5.41) is 3.76. The first kappa shape index (κ1) is 21.7. The molecule has 0 unspecified atom stereocenters. The largest absolute Gasteiger partial charge is 0.422 e.